The number of anilines is 1. The van der Waals surface area contributed by atoms with E-state index in [1.165, 1.54) is 12.1 Å². The Balaban J connectivity index is 2.30. The molecule has 2 nitrogen and oxygen atoms in total. The fourth-order valence-corrected chi connectivity index (χ4v) is 2.82. The van der Waals surface area contributed by atoms with Crippen molar-refractivity contribution in [3.63, 3.8) is 0 Å². The molecule has 104 valence electrons. The van der Waals surface area contributed by atoms with Gasteiger partial charge in [0.25, 0.3) is 5.91 Å². The zero-order valence-corrected chi connectivity index (χ0v) is 14.3. The van der Waals surface area contributed by atoms with Gasteiger partial charge in [-0.25, -0.2) is 0 Å². The second-order valence-corrected chi connectivity index (χ2v) is 6.34. The van der Waals surface area contributed by atoms with Crippen molar-refractivity contribution in [2.24, 2.45) is 0 Å². The van der Waals surface area contributed by atoms with E-state index in [1.807, 2.05) is 0 Å². The Morgan fingerprint density at radius 3 is 2.10 bits per heavy atom. The van der Waals surface area contributed by atoms with Crippen molar-refractivity contribution in [1.29, 1.82) is 0 Å². The van der Waals surface area contributed by atoms with Crippen LogP contribution >= 0.6 is 62.3 Å². The molecule has 0 aliphatic rings. The molecule has 2 aromatic carbocycles. The molecule has 1 N–H and O–H groups in total. The van der Waals surface area contributed by atoms with Gasteiger partial charge in [0.15, 0.2) is 0 Å². The molecule has 2 rings (SSSR count). The summed E-state index contributed by atoms with van der Waals surface area (Å²) in [5.74, 6) is -0.370. The van der Waals surface area contributed by atoms with E-state index in [-0.39, 0.29) is 16.0 Å². The molecule has 0 heterocycles. The van der Waals surface area contributed by atoms with Crippen LogP contribution in [0.4, 0.5) is 5.69 Å². The molecule has 0 spiro atoms. The van der Waals surface area contributed by atoms with Crippen molar-refractivity contribution in [3.8, 4) is 0 Å². The molecule has 1 amide bonds. The lowest BCUT2D eigenvalue weighted by molar-refractivity contribution is 0.102. The standard InChI is InChI=1S/C13H6BrCl4NO/c14-8-2-1-6(3-9(8)16)13(20)19-12-10(17)4-7(15)5-11(12)18/h1-5H,(H,19,20). The van der Waals surface area contributed by atoms with Crippen LogP contribution < -0.4 is 5.32 Å². The third-order valence-corrected chi connectivity index (χ3v) is 4.47. The second kappa shape index (κ2) is 6.54. The highest BCUT2D eigenvalue weighted by atomic mass is 79.9. The lowest BCUT2D eigenvalue weighted by atomic mass is 10.2. The van der Waals surface area contributed by atoms with Gasteiger partial charge in [-0.1, -0.05) is 46.4 Å². The SMILES string of the molecule is O=C(Nc1c(Cl)cc(Cl)cc1Cl)c1ccc(Br)c(Cl)c1. The van der Waals surface area contributed by atoms with Crippen molar-refractivity contribution < 1.29 is 4.79 Å². The number of nitrogens with one attached hydrogen (secondary N) is 1. The number of benzene rings is 2. The van der Waals surface area contributed by atoms with Crippen LogP contribution in [0.25, 0.3) is 0 Å². The smallest absolute Gasteiger partial charge is 0.255 e. The number of hydrogen-bond acceptors (Lipinski definition) is 1. The summed E-state index contributed by atoms with van der Waals surface area (Å²) in [6.07, 6.45) is 0. The molecule has 2 aromatic rings. The molecule has 0 aliphatic carbocycles. The molecular formula is C13H6BrCl4NO. The number of carbonyl (C=O) groups is 1. The highest BCUT2D eigenvalue weighted by Crippen LogP contribution is 2.34. The van der Waals surface area contributed by atoms with Gasteiger partial charge < -0.3 is 5.32 Å². The molecule has 0 atom stereocenters. The van der Waals surface area contributed by atoms with Crippen LogP contribution in [0.5, 0.6) is 0 Å². The number of hydrogen-bond donors (Lipinski definition) is 1. The normalized spacial score (nSPS) is 10.4. The summed E-state index contributed by atoms with van der Waals surface area (Å²) >= 11 is 27.0. The number of halogens is 5. The van der Waals surface area contributed by atoms with E-state index in [1.54, 1.807) is 18.2 Å². The van der Waals surface area contributed by atoms with Crippen molar-refractivity contribution in [2.75, 3.05) is 5.32 Å². The second-order valence-electron chi connectivity index (χ2n) is 3.83. The molecule has 0 radical (unpaired) electrons. The quantitative estimate of drug-likeness (QED) is 0.613. The average molecular weight is 414 g/mol. The van der Waals surface area contributed by atoms with Crippen LogP contribution in [0.1, 0.15) is 10.4 Å². The van der Waals surface area contributed by atoms with E-state index in [0.717, 1.165) is 0 Å². The van der Waals surface area contributed by atoms with Gasteiger partial charge >= 0.3 is 0 Å². The van der Waals surface area contributed by atoms with Crippen LogP contribution in [0, 0.1) is 0 Å². The minimum Gasteiger partial charge on any atom is -0.319 e. The number of carbonyl (C=O) groups excluding carboxylic acids is 1. The summed E-state index contributed by atoms with van der Waals surface area (Å²) in [6, 6.07) is 7.85. The Bertz CT molecular complexity index is 667. The zero-order valence-electron chi connectivity index (χ0n) is 9.68. The van der Waals surface area contributed by atoms with Gasteiger partial charge in [0.05, 0.1) is 20.8 Å². The van der Waals surface area contributed by atoms with Gasteiger partial charge in [-0.05, 0) is 46.3 Å². The van der Waals surface area contributed by atoms with Crippen molar-refractivity contribution in [1.82, 2.24) is 0 Å². The van der Waals surface area contributed by atoms with E-state index >= 15 is 0 Å². The van der Waals surface area contributed by atoms with E-state index in [0.29, 0.717) is 25.8 Å². The predicted molar refractivity (Wildman–Crippen MR) is 88.6 cm³/mol. The van der Waals surface area contributed by atoms with Gasteiger partial charge in [-0.2, -0.15) is 0 Å². The van der Waals surface area contributed by atoms with Gasteiger partial charge in [-0.3, -0.25) is 4.79 Å². The maximum Gasteiger partial charge on any atom is 0.255 e. The first-order valence-electron chi connectivity index (χ1n) is 5.29. The summed E-state index contributed by atoms with van der Waals surface area (Å²) in [5.41, 5.74) is 0.696. The average Bonchev–Trinajstić information content (AvgIpc) is 2.36. The van der Waals surface area contributed by atoms with E-state index in [2.05, 4.69) is 21.2 Å². The van der Waals surface area contributed by atoms with E-state index < -0.39 is 0 Å². The summed E-state index contributed by atoms with van der Waals surface area (Å²) in [6.45, 7) is 0. The Hall–Kier alpha value is -0.450. The van der Waals surface area contributed by atoms with Crippen LogP contribution in [0.3, 0.4) is 0 Å². The fourth-order valence-electron chi connectivity index (χ4n) is 1.48. The van der Waals surface area contributed by atoms with E-state index in [4.69, 9.17) is 46.4 Å². The molecule has 0 aliphatic heterocycles. The van der Waals surface area contributed by atoms with Crippen LogP contribution in [-0.4, -0.2) is 5.91 Å². The Labute approximate surface area is 144 Å². The fraction of sp³-hybridized carbons (Fsp3) is 0. The third-order valence-electron chi connectivity index (χ3n) is 2.43. The summed E-state index contributed by atoms with van der Waals surface area (Å²) < 4.78 is 0.707. The van der Waals surface area contributed by atoms with Gasteiger partial charge in [0, 0.05) is 15.1 Å². The summed E-state index contributed by atoms with van der Waals surface area (Å²) in [5, 5.41) is 3.99. The molecule has 0 bridgehead atoms. The van der Waals surface area contributed by atoms with Crippen LogP contribution in [-0.2, 0) is 0 Å². The molecular weight excluding hydrogens is 408 g/mol. The highest BCUT2D eigenvalue weighted by molar-refractivity contribution is 9.10. The Morgan fingerprint density at radius 1 is 0.950 bits per heavy atom. The van der Waals surface area contributed by atoms with Gasteiger partial charge in [0.2, 0.25) is 0 Å². The molecule has 0 saturated heterocycles. The first kappa shape index (κ1) is 15.9. The topological polar surface area (TPSA) is 29.1 Å². The summed E-state index contributed by atoms with van der Waals surface area (Å²) in [7, 11) is 0. The van der Waals surface area contributed by atoms with Gasteiger partial charge in [0.1, 0.15) is 0 Å². The third kappa shape index (κ3) is 3.60. The van der Waals surface area contributed by atoms with Crippen molar-refractivity contribution in [3.05, 3.63) is 60.5 Å². The maximum atomic E-state index is 12.1. The highest BCUT2D eigenvalue weighted by Gasteiger charge is 2.13. The lowest BCUT2D eigenvalue weighted by Crippen LogP contribution is -2.12. The van der Waals surface area contributed by atoms with Gasteiger partial charge in [-0.15, -0.1) is 0 Å². The number of amides is 1. The lowest BCUT2D eigenvalue weighted by Gasteiger charge is -2.10. The molecule has 0 saturated carbocycles. The van der Waals surface area contributed by atoms with Crippen molar-refractivity contribution in [2.45, 2.75) is 0 Å². The monoisotopic (exact) mass is 411 g/mol. The molecule has 20 heavy (non-hydrogen) atoms. The van der Waals surface area contributed by atoms with Crippen molar-refractivity contribution >= 4 is 73.9 Å². The Morgan fingerprint density at radius 2 is 1.55 bits per heavy atom. The maximum absolute atomic E-state index is 12.1. The predicted octanol–water partition coefficient (Wildman–Crippen LogP) is 6.32. The first-order chi connectivity index (χ1) is 9.38. The van der Waals surface area contributed by atoms with E-state index in [9.17, 15) is 4.79 Å². The zero-order chi connectivity index (χ0) is 14.9. The Kier molecular flexibility index (Phi) is 5.21. The molecule has 0 unspecified atom stereocenters. The molecule has 0 aromatic heterocycles. The number of rotatable bonds is 2. The minimum atomic E-state index is -0.370. The minimum absolute atomic E-state index is 0.263. The van der Waals surface area contributed by atoms with Crippen LogP contribution in [0.15, 0.2) is 34.8 Å². The van der Waals surface area contributed by atoms with Crippen LogP contribution in [0.2, 0.25) is 20.1 Å². The summed E-state index contributed by atoms with van der Waals surface area (Å²) in [4.78, 5) is 12.1. The largest absolute Gasteiger partial charge is 0.319 e. The molecule has 7 heteroatoms. The first-order valence-corrected chi connectivity index (χ1v) is 7.60. The molecule has 0 fully saturated rings.